The van der Waals surface area contributed by atoms with Gasteiger partial charge in [0.1, 0.15) is 0 Å². The number of hydrogen-bond donors (Lipinski definition) is 3. The lowest BCUT2D eigenvalue weighted by Gasteiger charge is -2.39. The Labute approximate surface area is 74.3 Å². The van der Waals surface area contributed by atoms with Crippen LogP contribution in [-0.4, -0.2) is 52.1 Å². The molecule has 0 fully saturated rings. The topological polar surface area (TPSA) is 77.8 Å². The summed E-state index contributed by atoms with van der Waals surface area (Å²) in [4.78, 5) is 17.4. The van der Waals surface area contributed by atoms with E-state index < -0.39 is 12.7 Å². The van der Waals surface area contributed by atoms with Crippen LogP contribution in [0, 0.1) is 0 Å². The third kappa shape index (κ3) is 3.94. The zero-order chi connectivity index (χ0) is 10.2. The molecular formula is C5H15NO4P2. The zero-order valence-corrected chi connectivity index (χ0v) is 9.25. The van der Waals surface area contributed by atoms with E-state index in [0.717, 1.165) is 0 Å². The minimum Gasteiger partial charge on any atom is -0.503 e. The molecule has 0 aromatic rings. The predicted octanol–water partition coefficient (Wildman–Crippen LogP) is -0.341. The van der Waals surface area contributed by atoms with Gasteiger partial charge in [-0.25, -0.2) is 0 Å². The highest BCUT2D eigenvalue weighted by Crippen LogP contribution is 2.53. The second-order valence-corrected chi connectivity index (χ2v) is 6.88. The molecule has 0 radical (unpaired) electrons. The second kappa shape index (κ2) is 3.33. The van der Waals surface area contributed by atoms with E-state index in [-0.39, 0.29) is 11.0 Å². The summed E-state index contributed by atoms with van der Waals surface area (Å²) in [5.41, 5.74) is 0. The molecule has 1 atom stereocenters. The van der Waals surface area contributed by atoms with Crippen molar-refractivity contribution in [2.45, 2.75) is 5.08 Å². The number of likely N-dealkylation sites (N-methyl/N-ethyl adjacent to an activating group) is 1. The van der Waals surface area contributed by atoms with Gasteiger partial charge < -0.3 is 28.6 Å². The molecule has 1 unspecified atom stereocenters. The monoisotopic (exact) mass is 215 g/mol. The smallest absolute Gasteiger partial charge is 0.332 e. The number of nitrogens with zero attached hydrogens (tertiary/aromatic N) is 1. The molecule has 0 spiro atoms. The normalized spacial score (nSPS) is 18.9. The lowest BCUT2D eigenvalue weighted by Crippen LogP contribution is -2.45. The summed E-state index contributed by atoms with van der Waals surface area (Å²) in [6.07, 6.45) is 0. The fraction of sp³-hybridized carbons (Fsp3) is 1.00. The average Bonchev–Trinajstić information content (AvgIpc) is 1.52. The van der Waals surface area contributed by atoms with E-state index in [1.807, 2.05) is 0 Å². The van der Waals surface area contributed by atoms with E-state index in [4.69, 9.17) is 9.79 Å². The molecule has 0 saturated carbocycles. The van der Waals surface area contributed by atoms with Gasteiger partial charge in [-0.15, -0.1) is 0 Å². The maximum Gasteiger partial charge on any atom is 0.332 e. The average molecular weight is 215 g/mol. The molecule has 0 aliphatic carbocycles. The van der Waals surface area contributed by atoms with Crippen molar-refractivity contribution >= 4 is 16.8 Å². The first-order chi connectivity index (χ1) is 4.96. The highest BCUT2D eigenvalue weighted by Gasteiger charge is 2.37. The van der Waals surface area contributed by atoms with Crippen molar-refractivity contribution in [3.05, 3.63) is 0 Å². The molecule has 0 aliphatic heterocycles. The molecule has 0 saturated heterocycles. The van der Waals surface area contributed by atoms with E-state index in [1.165, 1.54) is 0 Å². The van der Waals surface area contributed by atoms with Crippen molar-refractivity contribution in [2.75, 3.05) is 27.7 Å². The summed E-state index contributed by atoms with van der Waals surface area (Å²) >= 11 is 0. The summed E-state index contributed by atoms with van der Waals surface area (Å²) in [5.74, 6) is 0. The summed E-state index contributed by atoms with van der Waals surface area (Å²) in [6.45, 7) is -0.0752. The number of aliphatic hydroxyl groups is 1. The first kappa shape index (κ1) is 12.5. The van der Waals surface area contributed by atoms with Crippen LogP contribution in [0.1, 0.15) is 0 Å². The van der Waals surface area contributed by atoms with Gasteiger partial charge in [-0.2, -0.15) is 0 Å². The van der Waals surface area contributed by atoms with Gasteiger partial charge in [0.05, 0.1) is 32.8 Å². The standard InChI is InChI=1S/C5H15NO4P2/c1-6(2,3)4-5(7,11)12(8,9)10/h7,11H,4H2,1-3H3,(H2,8,9,10). The SMILES string of the molecule is C[N+](C)(C)CC(O)([PH-])P(=O)(O)O. The van der Waals surface area contributed by atoms with Crippen LogP contribution < -0.4 is 0 Å². The summed E-state index contributed by atoms with van der Waals surface area (Å²) in [5, 5.41) is 7.19. The molecule has 0 amide bonds. The first-order valence-electron chi connectivity index (χ1n) is 3.29. The molecule has 3 N–H and O–H groups in total. The van der Waals surface area contributed by atoms with Gasteiger partial charge in [-0.1, -0.05) is 0 Å². The van der Waals surface area contributed by atoms with E-state index in [1.54, 1.807) is 21.1 Å². The number of quaternary nitrogens is 1. The molecule has 7 heteroatoms. The van der Waals surface area contributed by atoms with E-state index in [0.29, 0.717) is 0 Å². The molecule has 0 aromatic carbocycles. The third-order valence-corrected chi connectivity index (χ3v) is 3.31. The minimum absolute atomic E-state index is 0.0752. The summed E-state index contributed by atoms with van der Waals surface area (Å²) in [6, 6.07) is 0. The molecule has 74 valence electrons. The molecular weight excluding hydrogens is 200 g/mol. The van der Waals surface area contributed by atoms with Gasteiger partial charge in [-0.3, -0.25) is 4.57 Å². The van der Waals surface area contributed by atoms with Crippen molar-refractivity contribution in [1.82, 2.24) is 0 Å². The first-order valence-corrected chi connectivity index (χ1v) is 5.40. The second-order valence-electron chi connectivity index (χ2n) is 3.81. The zero-order valence-electron chi connectivity index (χ0n) is 7.35. The van der Waals surface area contributed by atoms with Crippen molar-refractivity contribution in [3.8, 4) is 0 Å². The van der Waals surface area contributed by atoms with Gasteiger partial charge in [0.15, 0.2) is 0 Å². The highest BCUT2D eigenvalue weighted by molar-refractivity contribution is 7.61. The van der Waals surface area contributed by atoms with Crippen LogP contribution in [0.15, 0.2) is 0 Å². The van der Waals surface area contributed by atoms with Crippen LogP contribution in [0.4, 0.5) is 0 Å². The van der Waals surface area contributed by atoms with Gasteiger partial charge in [0, 0.05) is 0 Å². The predicted molar refractivity (Wildman–Crippen MR) is 48.2 cm³/mol. The molecule has 5 nitrogen and oxygen atoms in total. The van der Waals surface area contributed by atoms with Gasteiger partial charge in [0.25, 0.3) is 0 Å². The van der Waals surface area contributed by atoms with Crippen LogP contribution in [-0.2, 0) is 4.57 Å². The van der Waals surface area contributed by atoms with Crippen LogP contribution in [0.2, 0.25) is 0 Å². The maximum absolute atomic E-state index is 10.7. The quantitative estimate of drug-likeness (QED) is 0.444. The van der Waals surface area contributed by atoms with Crippen LogP contribution in [0.3, 0.4) is 0 Å². The lowest BCUT2D eigenvalue weighted by atomic mass is 10.5. The van der Waals surface area contributed by atoms with Crippen LogP contribution in [0.5, 0.6) is 0 Å². The maximum atomic E-state index is 10.7. The lowest BCUT2D eigenvalue weighted by molar-refractivity contribution is -0.873. The van der Waals surface area contributed by atoms with Crippen LogP contribution in [0.25, 0.3) is 0 Å². The Morgan fingerprint density at radius 1 is 1.42 bits per heavy atom. The van der Waals surface area contributed by atoms with E-state index in [9.17, 15) is 9.67 Å². The van der Waals surface area contributed by atoms with Gasteiger partial charge >= 0.3 is 7.60 Å². The fourth-order valence-corrected chi connectivity index (χ4v) is 1.84. The molecule has 0 bridgehead atoms. The Morgan fingerprint density at radius 2 is 1.75 bits per heavy atom. The molecule has 12 heavy (non-hydrogen) atoms. The Morgan fingerprint density at radius 3 is 1.83 bits per heavy atom. The summed E-state index contributed by atoms with van der Waals surface area (Å²) < 4.78 is 11.0. The largest absolute Gasteiger partial charge is 0.503 e. The molecule has 0 aliphatic rings. The van der Waals surface area contributed by atoms with Gasteiger partial charge in [0.2, 0.25) is 0 Å². The van der Waals surface area contributed by atoms with Crippen molar-refractivity contribution in [2.24, 2.45) is 0 Å². The Kier molecular flexibility index (Phi) is 3.47. The van der Waals surface area contributed by atoms with E-state index >= 15 is 0 Å². The van der Waals surface area contributed by atoms with Crippen molar-refractivity contribution in [1.29, 1.82) is 0 Å². The Bertz CT molecular complexity index is 204. The Hall–Kier alpha value is 0.500. The highest BCUT2D eigenvalue weighted by atomic mass is 31.2. The number of hydrogen-bond acceptors (Lipinski definition) is 2. The molecule has 0 rings (SSSR count). The molecule has 0 aromatic heterocycles. The van der Waals surface area contributed by atoms with Crippen LogP contribution >= 0.6 is 16.8 Å². The van der Waals surface area contributed by atoms with Gasteiger partial charge in [-0.05, 0) is 0 Å². The summed E-state index contributed by atoms with van der Waals surface area (Å²) in [7, 11) is 3.33. The molecule has 0 heterocycles. The fourth-order valence-electron chi connectivity index (χ4n) is 0.754. The Balaban J connectivity index is 4.56. The minimum atomic E-state index is -4.51. The number of rotatable bonds is 3. The third-order valence-electron chi connectivity index (χ3n) is 1.18. The van der Waals surface area contributed by atoms with E-state index in [2.05, 4.69) is 9.24 Å². The van der Waals surface area contributed by atoms with Crippen molar-refractivity contribution in [3.63, 3.8) is 0 Å². The van der Waals surface area contributed by atoms with Crippen molar-refractivity contribution < 1.29 is 23.9 Å².